The molecule has 0 saturated heterocycles. The molecule has 2 aromatic heterocycles. The first-order valence-electron chi connectivity index (χ1n) is 4.16. The number of rotatable bonds is 3. The van der Waals surface area contributed by atoms with E-state index < -0.39 is 0 Å². The summed E-state index contributed by atoms with van der Waals surface area (Å²) in [4.78, 5) is 2.39. The van der Waals surface area contributed by atoms with Crippen LogP contribution in [0, 0.1) is 0 Å². The van der Waals surface area contributed by atoms with E-state index in [-0.39, 0.29) is 6.04 Å². The summed E-state index contributed by atoms with van der Waals surface area (Å²) in [5.74, 6) is 5.61. The number of hydrazine groups is 1. The summed E-state index contributed by atoms with van der Waals surface area (Å²) >= 11 is 10.4. The molecule has 0 aromatic carbocycles. The van der Waals surface area contributed by atoms with Gasteiger partial charge in [-0.1, -0.05) is 0 Å². The fourth-order valence-corrected chi connectivity index (χ4v) is 4.71. The van der Waals surface area contributed by atoms with Crippen LogP contribution in [0.1, 0.15) is 15.8 Å². The monoisotopic (exact) mass is 366 g/mol. The summed E-state index contributed by atoms with van der Waals surface area (Å²) in [6.45, 7) is 0. The Bertz CT molecular complexity index is 412. The lowest BCUT2D eigenvalue weighted by atomic mass is 10.2. The number of hydrogen-bond acceptors (Lipinski definition) is 4. The van der Waals surface area contributed by atoms with Crippen molar-refractivity contribution in [3.63, 3.8) is 0 Å². The van der Waals surface area contributed by atoms with Crippen LogP contribution in [-0.4, -0.2) is 0 Å². The first kappa shape index (κ1) is 11.8. The lowest BCUT2D eigenvalue weighted by Gasteiger charge is -2.14. The average molecular weight is 368 g/mol. The van der Waals surface area contributed by atoms with E-state index in [1.165, 1.54) is 9.75 Å². The first-order valence-corrected chi connectivity index (χ1v) is 7.50. The summed E-state index contributed by atoms with van der Waals surface area (Å²) in [6, 6.07) is 4.12. The zero-order valence-corrected chi connectivity index (χ0v) is 12.3. The van der Waals surface area contributed by atoms with Gasteiger partial charge in [-0.15, -0.1) is 22.7 Å². The van der Waals surface area contributed by atoms with Crippen molar-refractivity contribution in [2.75, 3.05) is 0 Å². The van der Waals surface area contributed by atoms with Gasteiger partial charge < -0.3 is 0 Å². The van der Waals surface area contributed by atoms with Gasteiger partial charge in [-0.05, 0) is 54.8 Å². The molecule has 0 spiro atoms. The third-order valence-corrected chi connectivity index (χ3v) is 5.85. The Balaban J connectivity index is 2.41. The molecule has 0 unspecified atom stereocenters. The van der Waals surface area contributed by atoms with Gasteiger partial charge in [0.1, 0.15) is 0 Å². The second-order valence-corrected chi connectivity index (χ2v) is 6.47. The molecule has 0 radical (unpaired) electrons. The molecule has 6 heteroatoms. The van der Waals surface area contributed by atoms with E-state index >= 15 is 0 Å². The van der Waals surface area contributed by atoms with Gasteiger partial charge in [-0.2, -0.15) is 0 Å². The zero-order chi connectivity index (χ0) is 10.8. The highest BCUT2D eigenvalue weighted by molar-refractivity contribution is 9.11. The number of halogens is 2. The number of nitrogens with two attached hydrogens (primary N) is 1. The molecular formula is C9H8Br2N2S2. The number of nitrogens with one attached hydrogen (secondary N) is 1. The first-order chi connectivity index (χ1) is 7.24. The molecule has 0 bridgehead atoms. The predicted molar refractivity (Wildman–Crippen MR) is 73.2 cm³/mol. The summed E-state index contributed by atoms with van der Waals surface area (Å²) in [5, 5.41) is 4.09. The average Bonchev–Trinajstić information content (AvgIpc) is 2.80. The van der Waals surface area contributed by atoms with E-state index in [2.05, 4.69) is 37.3 Å². The van der Waals surface area contributed by atoms with Crippen LogP contribution in [0.3, 0.4) is 0 Å². The van der Waals surface area contributed by atoms with E-state index in [1.54, 1.807) is 22.7 Å². The molecule has 3 N–H and O–H groups in total. The van der Waals surface area contributed by atoms with Crippen molar-refractivity contribution in [3.05, 3.63) is 41.6 Å². The lowest BCUT2D eigenvalue weighted by Crippen LogP contribution is -2.28. The maximum absolute atomic E-state index is 5.61. The maximum Gasteiger partial charge on any atom is 0.0917 e. The molecule has 0 amide bonds. The summed E-state index contributed by atoms with van der Waals surface area (Å²) in [6.07, 6.45) is 0. The Kier molecular flexibility index (Phi) is 3.98. The van der Waals surface area contributed by atoms with Crippen molar-refractivity contribution in [2.45, 2.75) is 6.04 Å². The quantitative estimate of drug-likeness (QED) is 0.638. The van der Waals surface area contributed by atoms with Crippen molar-refractivity contribution >= 4 is 54.5 Å². The van der Waals surface area contributed by atoms with Crippen molar-refractivity contribution in [1.29, 1.82) is 0 Å². The molecule has 2 rings (SSSR count). The Hall–Kier alpha value is 0.280. The van der Waals surface area contributed by atoms with Crippen LogP contribution in [0.4, 0.5) is 0 Å². The highest BCUT2D eigenvalue weighted by atomic mass is 79.9. The Labute approximate surface area is 113 Å². The second kappa shape index (κ2) is 5.07. The minimum absolute atomic E-state index is 0.0498. The van der Waals surface area contributed by atoms with Gasteiger partial charge >= 0.3 is 0 Å². The van der Waals surface area contributed by atoms with Crippen LogP contribution in [-0.2, 0) is 0 Å². The smallest absolute Gasteiger partial charge is 0.0917 e. The molecule has 2 heterocycles. The van der Waals surface area contributed by atoms with Crippen LogP contribution < -0.4 is 11.3 Å². The van der Waals surface area contributed by atoms with Gasteiger partial charge in [0.2, 0.25) is 0 Å². The highest BCUT2D eigenvalue weighted by Gasteiger charge is 2.20. The highest BCUT2D eigenvalue weighted by Crippen LogP contribution is 2.38. The Morgan fingerprint density at radius 2 is 1.53 bits per heavy atom. The molecule has 15 heavy (non-hydrogen) atoms. The van der Waals surface area contributed by atoms with E-state index in [0.29, 0.717) is 0 Å². The molecule has 0 aliphatic carbocycles. The molecule has 0 aliphatic heterocycles. The van der Waals surface area contributed by atoms with Gasteiger partial charge in [0.05, 0.1) is 6.04 Å². The molecule has 0 aliphatic rings. The second-order valence-electron chi connectivity index (χ2n) is 2.87. The third kappa shape index (κ3) is 2.35. The minimum atomic E-state index is 0.0498. The molecule has 2 nitrogen and oxygen atoms in total. The van der Waals surface area contributed by atoms with E-state index in [1.807, 2.05) is 22.9 Å². The normalized spacial score (nSPS) is 11.2. The SMILES string of the molecule is NNC(c1sccc1Br)c1sccc1Br. The lowest BCUT2D eigenvalue weighted by molar-refractivity contribution is 0.652. The number of hydrogen-bond donors (Lipinski definition) is 2. The Morgan fingerprint density at radius 3 is 1.80 bits per heavy atom. The molecule has 0 atom stereocenters. The topological polar surface area (TPSA) is 38.0 Å². The van der Waals surface area contributed by atoms with E-state index in [4.69, 9.17) is 5.84 Å². The van der Waals surface area contributed by atoms with Gasteiger partial charge in [-0.25, -0.2) is 5.43 Å². The fourth-order valence-electron chi connectivity index (χ4n) is 1.29. The van der Waals surface area contributed by atoms with Crippen LogP contribution in [0.5, 0.6) is 0 Å². The van der Waals surface area contributed by atoms with Crippen LogP contribution in [0.25, 0.3) is 0 Å². The summed E-state index contributed by atoms with van der Waals surface area (Å²) in [7, 11) is 0. The van der Waals surface area contributed by atoms with Gasteiger partial charge in [0.15, 0.2) is 0 Å². The predicted octanol–water partition coefficient (Wildman–Crippen LogP) is 3.89. The molecule has 2 aromatic rings. The summed E-state index contributed by atoms with van der Waals surface area (Å²) in [5.41, 5.74) is 2.85. The standard InChI is InChI=1S/C9H8Br2N2S2/c10-5-1-3-14-8(5)7(13-12)9-6(11)2-4-15-9/h1-4,7,13H,12H2. The van der Waals surface area contributed by atoms with Crippen molar-refractivity contribution in [1.82, 2.24) is 5.43 Å². The molecular weight excluding hydrogens is 360 g/mol. The fraction of sp³-hybridized carbons (Fsp3) is 0.111. The van der Waals surface area contributed by atoms with Crippen LogP contribution >= 0.6 is 54.5 Å². The van der Waals surface area contributed by atoms with Crippen molar-refractivity contribution < 1.29 is 0 Å². The third-order valence-electron chi connectivity index (χ3n) is 1.98. The number of thiophene rings is 2. The zero-order valence-electron chi connectivity index (χ0n) is 7.54. The van der Waals surface area contributed by atoms with Crippen molar-refractivity contribution in [3.8, 4) is 0 Å². The summed E-state index contributed by atoms with van der Waals surface area (Å²) < 4.78 is 2.19. The molecule has 80 valence electrons. The van der Waals surface area contributed by atoms with E-state index in [9.17, 15) is 0 Å². The Morgan fingerprint density at radius 1 is 1.07 bits per heavy atom. The van der Waals surface area contributed by atoms with Crippen LogP contribution in [0.15, 0.2) is 31.8 Å². The largest absolute Gasteiger partial charge is 0.271 e. The molecule has 0 fully saturated rings. The molecule has 0 saturated carbocycles. The van der Waals surface area contributed by atoms with Gasteiger partial charge in [0, 0.05) is 18.7 Å². The van der Waals surface area contributed by atoms with Crippen LogP contribution in [0.2, 0.25) is 0 Å². The van der Waals surface area contributed by atoms with Gasteiger partial charge in [0.25, 0.3) is 0 Å². The van der Waals surface area contributed by atoms with Crippen molar-refractivity contribution in [2.24, 2.45) is 5.84 Å². The van der Waals surface area contributed by atoms with Gasteiger partial charge in [-0.3, -0.25) is 5.84 Å². The van der Waals surface area contributed by atoms with E-state index in [0.717, 1.165) is 8.95 Å². The minimum Gasteiger partial charge on any atom is -0.271 e. The maximum atomic E-state index is 5.61.